The number of carbonyl (C=O) groups is 2. The van der Waals surface area contributed by atoms with Gasteiger partial charge in [0.05, 0.1) is 12.7 Å². The first-order chi connectivity index (χ1) is 10.1. The second-order valence-electron chi connectivity index (χ2n) is 5.47. The summed E-state index contributed by atoms with van der Waals surface area (Å²) in [7, 11) is 1.36. The van der Waals surface area contributed by atoms with Gasteiger partial charge in [-0.25, -0.2) is 4.79 Å². The molecule has 0 saturated carbocycles. The molecule has 5 heteroatoms. The largest absolute Gasteiger partial charge is 0.465 e. The summed E-state index contributed by atoms with van der Waals surface area (Å²) < 4.78 is 4.70. The number of anilines is 1. The highest BCUT2D eigenvalue weighted by atomic mass is 16.5. The number of rotatable bonds is 5. The molecule has 0 spiro atoms. The lowest BCUT2D eigenvalue weighted by Gasteiger charge is -2.10. The summed E-state index contributed by atoms with van der Waals surface area (Å²) in [5.41, 5.74) is 2.03. The molecule has 1 atom stereocenters. The molecule has 1 aliphatic rings. The van der Waals surface area contributed by atoms with Crippen LogP contribution in [0.2, 0.25) is 0 Å². The van der Waals surface area contributed by atoms with E-state index in [2.05, 4.69) is 10.6 Å². The van der Waals surface area contributed by atoms with Gasteiger partial charge in [-0.3, -0.25) is 4.79 Å². The van der Waals surface area contributed by atoms with Crippen LogP contribution >= 0.6 is 0 Å². The Balaban J connectivity index is 1.88. The van der Waals surface area contributed by atoms with Gasteiger partial charge in [-0.2, -0.15) is 0 Å². The number of benzene rings is 1. The molecule has 1 aromatic rings. The van der Waals surface area contributed by atoms with E-state index in [1.54, 1.807) is 18.2 Å². The molecule has 0 aromatic heterocycles. The molecule has 1 amide bonds. The summed E-state index contributed by atoms with van der Waals surface area (Å²) >= 11 is 0. The predicted octanol–water partition coefficient (Wildman–Crippen LogP) is 2.11. The number of nitrogens with one attached hydrogen (secondary N) is 2. The molecule has 1 unspecified atom stereocenters. The monoisotopic (exact) mass is 290 g/mol. The van der Waals surface area contributed by atoms with Gasteiger partial charge in [-0.05, 0) is 62.5 Å². The lowest BCUT2D eigenvalue weighted by atomic mass is 10.0. The van der Waals surface area contributed by atoms with Crippen LogP contribution in [-0.4, -0.2) is 32.1 Å². The number of aryl methyl sites for hydroxylation is 1. The predicted molar refractivity (Wildman–Crippen MR) is 81.4 cm³/mol. The summed E-state index contributed by atoms with van der Waals surface area (Å²) in [6.07, 6.45) is 2.60. The van der Waals surface area contributed by atoms with Crippen molar-refractivity contribution in [2.24, 2.45) is 5.92 Å². The molecule has 21 heavy (non-hydrogen) atoms. The minimum Gasteiger partial charge on any atom is -0.465 e. The first-order valence-electron chi connectivity index (χ1n) is 7.29. The molecular formula is C16H22N2O3. The van der Waals surface area contributed by atoms with Crippen molar-refractivity contribution in [2.45, 2.75) is 26.2 Å². The SMILES string of the molecule is COC(=O)c1ccc(NC(=O)CCC2CCNC2)cc1C. The van der Waals surface area contributed by atoms with Crippen LogP contribution in [0.5, 0.6) is 0 Å². The normalized spacial score (nSPS) is 17.5. The summed E-state index contributed by atoms with van der Waals surface area (Å²) in [4.78, 5) is 23.4. The van der Waals surface area contributed by atoms with Crippen molar-refractivity contribution >= 4 is 17.6 Å². The van der Waals surface area contributed by atoms with Crippen molar-refractivity contribution in [3.63, 3.8) is 0 Å². The van der Waals surface area contributed by atoms with Crippen molar-refractivity contribution in [3.05, 3.63) is 29.3 Å². The Bertz CT molecular complexity index is 522. The first kappa shape index (κ1) is 15.5. The lowest BCUT2D eigenvalue weighted by molar-refractivity contribution is -0.116. The molecular weight excluding hydrogens is 268 g/mol. The second-order valence-corrected chi connectivity index (χ2v) is 5.47. The van der Waals surface area contributed by atoms with Gasteiger partial charge in [0.2, 0.25) is 5.91 Å². The highest BCUT2D eigenvalue weighted by Gasteiger charge is 2.16. The molecule has 1 fully saturated rings. The molecule has 1 aliphatic heterocycles. The van der Waals surface area contributed by atoms with E-state index in [0.717, 1.165) is 37.2 Å². The van der Waals surface area contributed by atoms with Gasteiger partial charge in [0.15, 0.2) is 0 Å². The van der Waals surface area contributed by atoms with Crippen LogP contribution in [0.25, 0.3) is 0 Å². The topological polar surface area (TPSA) is 67.4 Å². The van der Waals surface area contributed by atoms with E-state index in [-0.39, 0.29) is 11.9 Å². The minimum atomic E-state index is -0.362. The highest BCUT2D eigenvalue weighted by Crippen LogP contribution is 2.18. The lowest BCUT2D eigenvalue weighted by Crippen LogP contribution is -2.15. The van der Waals surface area contributed by atoms with E-state index in [0.29, 0.717) is 17.9 Å². The number of amides is 1. The van der Waals surface area contributed by atoms with E-state index in [4.69, 9.17) is 4.74 Å². The second kappa shape index (κ2) is 7.22. The van der Waals surface area contributed by atoms with Crippen LogP contribution in [0.4, 0.5) is 5.69 Å². The van der Waals surface area contributed by atoms with E-state index in [9.17, 15) is 9.59 Å². The average Bonchev–Trinajstić information content (AvgIpc) is 2.98. The molecule has 0 bridgehead atoms. The Labute approximate surface area is 125 Å². The maximum absolute atomic E-state index is 11.9. The fourth-order valence-electron chi connectivity index (χ4n) is 2.60. The Morgan fingerprint density at radius 3 is 2.86 bits per heavy atom. The standard InChI is InChI=1S/C16H22N2O3/c1-11-9-13(4-5-14(11)16(20)21-2)18-15(19)6-3-12-7-8-17-10-12/h4-5,9,12,17H,3,6-8,10H2,1-2H3,(H,18,19). The maximum Gasteiger partial charge on any atom is 0.338 e. The number of methoxy groups -OCH3 is 1. The molecule has 2 rings (SSSR count). The zero-order chi connectivity index (χ0) is 15.2. The van der Waals surface area contributed by atoms with Crippen LogP contribution in [0.1, 0.15) is 35.2 Å². The number of esters is 1. The van der Waals surface area contributed by atoms with Crippen LogP contribution in [0, 0.1) is 12.8 Å². The molecule has 1 heterocycles. The van der Waals surface area contributed by atoms with Gasteiger partial charge in [0, 0.05) is 12.1 Å². The highest BCUT2D eigenvalue weighted by molar-refractivity contribution is 5.94. The summed E-state index contributed by atoms with van der Waals surface area (Å²) in [5, 5.41) is 6.18. The third kappa shape index (κ3) is 4.29. The first-order valence-corrected chi connectivity index (χ1v) is 7.29. The number of hydrogen-bond donors (Lipinski definition) is 2. The fourth-order valence-corrected chi connectivity index (χ4v) is 2.60. The Morgan fingerprint density at radius 1 is 1.43 bits per heavy atom. The van der Waals surface area contributed by atoms with E-state index in [1.807, 2.05) is 6.92 Å². The third-order valence-corrected chi connectivity index (χ3v) is 3.86. The quantitative estimate of drug-likeness (QED) is 0.815. The van der Waals surface area contributed by atoms with Crippen molar-refractivity contribution in [2.75, 3.05) is 25.5 Å². The minimum absolute atomic E-state index is 0.0205. The van der Waals surface area contributed by atoms with Gasteiger partial charge < -0.3 is 15.4 Å². The third-order valence-electron chi connectivity index (χ3n) is 3.86. The van der Waals surface area contributed by atoms with Crippen molar-refractivity contribution in [3.8, 4) is 0 Å². The number of ether oxygens (including phenoxy) is 1. The van der Waals surface area contributed by atoms with Crippen LogP contribution in [0.3, 0.4) is 0 Å². The molecule has 1 saturated heterocycles. The summed E-state index contributed by atoms with van der Waals surface area (Å²) in [5.74, 6) is 0.269. The van der Waals surface area contributed by atoms with Crippen LogP contribution in [0.15, 0.2) is 18.2 Å². The maximum atomic E-state index is 11.9. The van der Waals surface area contributed by atoms with Gasteiger partial charge in [-0.1, -0.05) is 0 Å². The fraction of sp³-hybridized carbons (Fsp3) is 0.500. The van der Waals surface area contributed by atoms with Crippen molar-refractivity contribution in [1.82, 2.24) is 5.32 Å². The van der Waals surface area contributed by atoms with E-state index in [1.165, 1.54) is 7.11 Å². The van der Waals surface area contributed by atoms with Crippen molar-refractivity contribution in [1.29, 1.82) is 0 Å². The average molecular weight is 290 g/mol. The smallest absolute Gasteiger partial charge is 0.338 e. The van der Waals surface area contributed by atoms with E-state index < -0.39 is 0 Å². The van der Waals surface area contributed by atoms with E-state index >= 15 is 0 Å². The number of carbonyl (C=O) groups excluding carboxylic acids is 2. The van der Waals surface area contributed by atoms with Gasteiger partial charge in [-0.15, -0.1) is 0 Å². The van der Waals surface area contributed by atoms with Gasteiger partial charge in [0.25, 0.3) is 0 Å². The zero-order valence-corrected chi connectivity index (χ0v) is 12.6. The van der Waals surface area contributed by atoms with Gasteiger partial charge in [0.1, 0.15) is 0 Å². The van der Waals surface area contributed by atoms with Gasteiger partial charge >= 0.3 is 5.97 Å². The Kier molecular flexibility index (Phi) is 5.33. The molecule has 0 aliphatic carbocycles. The van der Waals surface area contributed by atoms with Crippen molar-refractivity contribution < 1.29 is 14.3 Å². The molecule has 2 N–H and O–H groups in total. The Morgan fingerprint density at radius 2 is 2.24 bits per heavy atom. The summed E-state index contributed by atoms with van der Waals surface area (Å²) in [6.45, 7) is 3.90. The zero-order valence-electron chi connectivity index (χ0n) is 12.6. The Hall–Kier alpha value is -1.88. The molecule has 1 aromatic carbocycles. The van der Waals surface area contributed by atoms with Crippen LogP contribution in [-0.2, 0) is 9.53 Å². The molecule has 0 radical (unpaired) electrons. The molecule has 5 nitrogen and oxygen atoms in total. The summed E-state index contributed by atoms with van der Waals surface area (Å²) in [6, 6.07) is 5.20. The number of hydrogen-bond acceptors (Lipinski definition) is 4. The molecule has 114 valence electrons. The van der Waals surface area contributed by atoms with Crippen LogP contribution < -0.4 is 10.6 Å².